The first-order chi connectivity index (χ1) is 26.7. The van der Waals surface area contributed by atoms with Crippen molar-refractivity contribution in [1.29, 1.82) is 0 Å². The minimum Gasteiger partial charge on any atom is -0.481 e. The second-order valence-corrected chi connectivity index (χ2v) is 15.5. The van der Waals surface area contributed by atoms with Gasteiger partial charge in [0.1, 0.15) is 5.65 Å². The van der Waals surface area contributed by atoms with Crippen LogP contribution >= 0.6 is 23.2 Å². The van der Waals surface area contributed by atoms with Gasteiger partial charge in [-0.05, 0) is 78.5 Å². The third-order valence-electron chi connectivity index (χ3n) is 11.1. The van der Waals surface area contributed by atoms with E-state index in [2.05, 4.69) is 50.5 Å². The first-order valence-electron chi connectivity index (χ1n) is 18.9. The number of halogens is 2. The van der Waals surface area contributed by atoms with Crippen LogP contribution in [-0.4, -0.2) is 58.5 Å². The summed E-state index contributed by atoms with van der Waals surface area (Å²) < 4.78 is 7.25. The quantitative estimate of drug-likeness (QED) is 0.119. The number of fused-ring (bicyclic) bond motifs is 2. The molecular weight excluding hydrogens is 737 g/mol. The SMILES string of the molecule is COc1nc(C[C@@H]2CCc3c(-c4cccc(-c5ccn6c(=O)c(CNC[C@@H]7CCC(=O)N7)cnc6c5)c4Cl)cccc32)c(Cl)cc1CNC[C@H]1CCC(=O)N1. The van der Waals surface area contributed by atoms with Gasteiger partial charge >= 0.3 is 0 Å². The van der Waals surface area contributed by atoms with E-state index in [1.54, 1.807) is 23.9 Å². The van der Waals surface area contributed by atoms with Gasteiger partial charge in [0.2, 0.25) is 17.7 Å². The van der Waals surface area contributed by atoms with Gasteiger partial charge in [0.05, 0.1) is 22.8 Å². The molecule has 3 atom stereocenters. The van der Waals surface area contributed by atoms with E-state index in [1.165, 1.54) is 11.1 Å². The smallest absolute Gasteiger partial charge is 0.262 e. The number of aromatic nitrogens is 3. The summed E-state index contributed by atoms with van der Waals surface area (Å²) in [6.45, 7) is 2.18. The molecule has 2 aliphatic heterocycles. The maximum atomic E-state index is 13.3. The normalized spacial score (nSPS) is 19.1. The zero-order valence-electron chi connectivity index (χ0n) is 30.6. The summed E-state index contributed by atoms with van der Waals surface area (Å²) in [5, 5.41) is 13.9. The predicted octanol–water partition coefficient (Wildman–Crippen LogP) is 5.75. The standard InChI is InChI=1S/C42H43Cl2N7O4/c1-55-41-26(19-45-22-28-9-12-38(52)48-28)16-35(43)36(50-41)17-24-8-11-33-30(24)4-2-6-32(33)34-7-3-5-31(40(34)44)25-14-15-51-37(18-25)47-21-27(42(51)54)20-46-23-29-10-13-39(53)49-29/h2-7,14-16,18,21,24,28-29,45-46H,8-13,17,19-20,22-23H2,1H3,(H,48,52)(H,49,53)/t24-,28+,29-/m0/s1. The van der Waals surface area contributed by atoms with Crippen molar-refractivity contribution in [2.45, 2.75) is 76.0 Å². The van der Waals surface area contributed by atoms with Gasteiger partial charge in [-0.1, -0.05) is 59.6 Å². The van der Waals surface area contributed by atoms with Crippen LogP contribution in [0.5, 0.6) is 5.88 Å². The number of rotatable bonds is 13. The van der Waals surface area contributed by atoms with Crippen molar-refractivity contribution in [2.24, 2.45) is 0 Å². The largest absolute Gasteiger partial charge is 0.481 e. The molecule has 5 aromatic rings. The van der Waals surface area contributed by atoms with E-state index >= 15 is 0 Å². The van der Waals surface area contributed by atoms with Crippen LogP contribution in [0.4, 0.5) is 0 Å². The van der Waals surface area contributed by atoms with Crippen LogP contribution in [-0.2, 0) is 35.5 Å². The highest BCUT2D eigenvalue weighted by Crippen LogP contribution is 2.44. The average molecular weight is 781 g/mol. The molecule has 2 fully saturated rings. The number of hydrogen-bond acceptors (Lipinski definition) is 8. The zero-order chi connectivity index (χ0) is 38.1. The van der Waals surface area contributed by atoms with Crippen LogP contribution < -0.4 is 31.6 Å². The number of benzene rings is 2. The molecule has 8 rings (SSSR count). The number of nitrogens with one attached hydrogen (secondary N) is 4. The highest BCUT2D eigenvalue weighted by molar-refractivity contribution is 6.36. The fourth-order valence-electron chi connectivity index (χ4n) is 8.22. The van der Waals surface area contributed by atoms with E-state index in [0.717, 1.165) is 59.2 Å². The lowest BCUT2D eigenvalue weighted by atomic mass is 9.91. The highest BCUT2D eigenvalue weighted by Gasteiger charge is 2.28. The van der Waals surface area contributed by atoms with E-state index in [1.807, 2.05) is 30.3 Å². The van der Waals surface area contributed by atoms with E-state index in [-0.39, 0.29) is 35.4 Å². The summed E-state index contributed by atoms with van der Waals surface area (Å²) in [4.78, 5) is 45.9. The Morgan fingerprint density at radius 1 is 0.836 bits per heavy atom. The molecule has 0 radical (unpaired) electrons. The van der Waals surface area contributed by atoms with Crippen molar-refractivity contribution in [2.75, 3.05) is 20.2 Å². The number of hydrogen-bond donors (Lipinski definition) is 4. The predicted molar refractivity (Wildman–Crippen MR) is 214 cm³/mol. The van der Waals surface area contributed by atoms with Crippen molar-refractivity contribution in [3.05, 3.63) is 115 Å². The molecule has 2 aromatic carbocycles. The fourth-order valence-corrected chi connectivity index (χ4v) is 8.81. The average Bonchev–Trinajstić information content (AvgIpc) is 3.93. The van der Waals surface area contributed by atoms with Crippen molar-refractivity contribution >= 4 is 40.7 Å². The summed E-state index contributed by atoms with van der Waals surface area (Å²) in [5.74, 6) is 0.953. The second-order valence-electron chi connectivity index (χ2n) is 14.7. The first-order valence-corrected chi connectivity index (χ1v) is 19.6. The van der Waals surface area contributed by atoms with Gasteiger partial charge in [0.25, 0.3) is 5.56 Å². The number of amides is 2. The molecule has 0 bridgehead atoms. The molecule has 3 aromatic heterocycles. The monoisotopic (exact) mass is 779 g/mol. The molecule has 2 saturated heterocycles. The van der Waals surface area contributed by atoms with Crippen molar-refractivity contribution in [1.82, 2.24) is 35.6 Å². The maximum Gasteiger partial charge on any atom is 0.262 e. The Morgan fingerprint density at radius 2 is 1.53 bits per heavy atom. The summed E-state index contributed by atoms with van der Waals surface area (Å²) >= 11 is 14.1. The molecular formula is C42H43Cl2N7O4. The Kier molecular flexibility index (Phi) is 10.9. The fraction of sp³-hybridized carbons (Fsp3) is 0.357. The number of methoxy groups -OCH3 is 1. The van der Waals surface area contributed by atoms with Gasteiger partial charge < -0.3 is 26.0 Å². The Morgan fingerprint density at radius 3 is 2.24 bits per heavy atom. The number of nitrogens with zero attached hydrogens (tertiary/aromatic N) is 3. The molecule has 0 saturated carbocycles. The Balaban J connectivity index is 0.985. The van der Waals surface area contributed by atoms with E-state index in [9.17, 15) is 14.4 Å². The van der Waals surface area contributed by atoms with Crippen LogP contribution in [0.25, 0.3) is 27.9 Å². The van der Waals surface area contributed by atoms with Crippen LogP contribution in [0.2, 0.25) is 10.0 Å². The van der Waals surface area contributed by atoms with Gasteiger partial charge in [-0.3, -0.25) is 18.8 Å². The van der Waals surface area contributed by atoms with Gasteiger partial charge in [-0.25, -0.2) is 9.97 Å². The van der Waals surface area contributed by atoms with Crippen LogP contribution in [0, 0.1) is 0 Å². The molecule has 284 valence electrons. The second kappa shape index (κ2) is 16.1. The molecule has 5 heterocycles. The van der Waals surface area contributed by atoms with Gasteiger partial charge in [-0.2, -0.15) is 0 Å². The molecule has 2 amide bonds. The lowest BCUT2D eigenvalue weighted by molar-refractivity contribution is -0.120. The van der Waals surface area contributed by atoms with E-state index < -0.39 is 0 Å². The summed E-state index contributed by atoms with van der Waals surface area (Å²) in [6, 6.07) is 18.5. The molecule has 1 aliphatic carbocycles. The number of carbonyl (C=O) groups is 2. The lowest BCUT2D eigenvalue weighted by Gasteiger charge is -2.17. The van der Waals surface area contributed by atoms with Gasteiger partial charge in [0, 0.05) is 85.8 Å². The third kappa shape index (κ3) is 7.84. The number of pyridine rings is 2. The lowest BCUT2D eigenvalue weighted by Crippen LogP contribution is -2.36. The molecule has 11 nitrogen and oxygen atoms in total. The Labute approximate surface area is 329 Å². The molecule has 0 spiro atoms. The van der Waals surface area contributed by atoms with E-state index in [4.69, 9.17) is 32.9 Å². The molecule has 13 heteroatoms. The molecule has 0 unspecified atom stereocenters. The Bertz CT molecular complexity index is 2350. The maximum absolute atomic E-state index is 13.3. The van der Waals surface area contributed by atoms with Crippen LogP contribution in [0.1, 0.15) is 66.0 Å². The van der Waals surface area contributed by atoms with Gasteiger partial charge in [-0.15, -0.1) is 0 Å². The Hall–Kier alpha value is -4.81. The molecule has 3 aliphatic rings. The highest BCUT2D eigenvalue weighted by atomic mass is 35.5. The molecule has 55 heavy (non-hydrogen) atoms. The van der Waals surface area contributed by atoms with Crippen LogP contribution in [0.3, 0.4) is 0 Å². The third-order valence-corrected chi connectivity index (χ3v) is 11.8. The van der Waals surface area contributed by atoms with Crippen molar-refractivity contribution in [3.63, 3.8) is 0 Å². The van der Waals surface area contributed by atoms with Crippen molar-refractivity contribution in [3.8, 4) is 28.1 Å². The summed E-state index contributed by atoms with van der Waals surface area (Å²) in [7, 11) is 1.63. The van der Waals surface area contributed by atoms with Gasteiger partial charge in [0.15, 0.2) is 0 Å². The number of ether oxygens (including phenoxy) is 1. The minimum atomic E-state index is -0.136. The minimum absolute atomic E-state index is 0.0691. The van der Waals surface area contributed by atoms with E-state index in [0.29, 0.717) is 72.6 Å². The van der Waals surface area contributed by atoms with Crippen LogP contribution in [0.15, 0.2) is 71.8 Å². The molecule has 4 N–H and O–H groups in total. The first kappa shape index (κ1) is 37.1. The van der Waals surface area contributed by atoms with Crippen molar-refractivity contribution < 1.29 is 14.3 Å². The zero-order valence-corrected chi connectivity index (χ0v) is 32.1. The summed E-state index contributed by atoms with van der Waals surface area (Å²) in [6.07, 6.45) is 8.66. The summed E-state index contributed by atoms with van der Waals surface area (Å²) in [5.41, 5.74) is 8.97. The number of carbonyl (C=O) groups excluding carboxylic acids is 2. The topological polar surface area (TPSA) is 139 Å².